The molecule has 2 fully saturated rings. The highest BCUT2D eigenvalue weighted by molar-refractivity contribution is 6.31. The molecule has 3 amide bonds. The van der Waals surface area contributed by atoms with Crippen molar-refractivity contribution in [3.8, 4) is 0 Å². The van der Waals surface area contributed by atoms with Crippen molar-refractivity contribution >= 4 is 29.2 Å². The second-order valence-electron chi connectivity index (χ2n) is 8.65. The van der Waals surface area contributed by atoms with Gasteiger partial charge in [0, 0.05) is 29.2 Å². The third kappa shape index (κ3) is 5.81. The molecule has 1 aliphatic heterocycles. The van der Waals surface area contributed by atoms with Crippen LogP contribution in [0.15, 0.2) is 48.5 Å². The van der Waals surface area contributed by atoms with Gasteiger partial charge in [0.1, 0.15) is 0 Å². The number of amides is 3. The van der Waals surface area contributed by atoms with Gasteiger partial charge in [0.2, 0.25) is 5.91 Å². The first-order valence-corrected chi connectivity index (χ1v) is 11.8. The monoisotopic (exact) mass is 455 g/mol. The molecule has 32 heavy (non-hydrogen) atoms. The summed E-state index contributed by atoms with van der Waals surface area (Å²) in [5.41, 5.74) is 4.84. The van der Waals surface area contributed by atoms with Crippen molar-refractivity contribution in [2.45, 2.75) is 57.6 Å². The molecule has 0 aromatic heterocycles. The van der Waals surface area contributed by atoms with E-state index in [1.54, 1.807) is 12.1 Å². The van der Waals surface area contributed by atoms with Gasteiger partial charge in [0.15, 0.2) is 0 Å². The second kappa shape index (κ2) is 10.8. The van der Waals surface area contributed by atoms with Gasteiger partial charge in [0.05, 0.1) is 6.61 Å². The lowest BCUT2D eigenvalue weighted by Crippen LogP contribution is -2.39. The first kappa shape index (κ1) is 22.6. The summed E-state index contributed by atoms with van der Waals surface area (Å²) < 4.78 is 0. The summed E-state index contributed by atoms with van der Waals surface area (Å²) in [7, 11) is 0. The Morgan fingerprint density at radius 3 is 2.59 bits per heavy atom. The van der Waals surface area contributed by atoms with Gasteiger partial charge in [-0.1, -0.05) is 67.3 Å². The van der Waals surface area contributed by atoms with Crippen molar-refractivity contribution in [2.24, 2.45) is 5.92 Å². The quantitative estimate of drug-likeness (QED) is 0.555. The van der Waals surface area contributed by atoms with E-state index in [1.165, 1.54) is 19.3 Å². The van der Waals surface area contributed by atoms with E-state index in [1.807, 2.05) is 36.4 Å². The number of hydrogen-bond donors (Lipinski definition) is 2. The first-order chi connectivity index (χ1) is 15.6. The molecule has 1 unspecified atom stereocenters. The van der Waals surface area contributed by atoms with Crippen LogP contribution in [0.3, 0.4) is 0 Å². The van der Waals surface area contributed by atoms with E-state index in [-0.39, 0.29) is 18.4 Å². The molecule has 2 N–H and O–H groups in total. The maximum atomic E-state index is 12.9. The minimum Gasteiger partial charge on any atom is -0.339 e. The van der Waals surface area contributed by atoms with Crippen molar-refractivity contribution in [3.63, 3.8) is 0 Å². The molecule has 4 rings (SSSR count). The Kier molecular flexibility index (Phi) is 7.66. The van der Waals surface area contributed by atoms with Crippen molar-refractivity contribution in [2.75, 3.05) is 11.9 Å². The second-order valence-corrected chi connectivity index (χ2v) is 9.06. The van der Waals surface area contributed by atoms with Crippen LogP contribution >= 0.6 is 11.6 Å². The molecule has 2 aliphatic rings. The molecule has 1 saturated heterocycles. The van der Waals surface area contributed by atoms with Crippen molar-refractivity contribution < 1.29 is 14.4 Å². The average molecular weight is 456 g/mol. The fourth-order valence-corrected chi connectivity index (χ4v) is 4.94. The predicted octanol–water partition coefficient (Wildman–Crippen LogP) is 5.32. The molecule has 0 radical (unpaired) electrons. The van der Waals surface area contributed by atoms with Crippen LogP contribution in [0.2, 0.25) is 5.02 Å². The normalized spacial score (nSPS) is 19.2. The van der Waals surface area contributed by atoms with E-state index < -0.39 is 6.03 Å². The molecule has 1 aliphatic carbocycles. The molecule has 6 nitrogen and oxygen atoms in total. The molecule has 170 valence electrons. The number of rotatable bonds is 7. The molecular weight excluding hydrogens is 426 g/mol. The number of nitrogens with one attached hydrogen (secondary N) is 2. The zero-order valence-corrected chi connectivity index (χ0v) is 18.9. The number of likely N-dealkylation sites (tertiary alicyclic amines) is 1. The van der Waals surface area contributed by atoms with E-state index in [2.05, 4.69) is 15.7 Å². The molecule has 2 aromatic carbocycles. The minimum atomic E-state index is -0.473. The van der Waals surface area contributed by atoms with Crippen LogP contribution in [0.5, 0.6) is 0 Å². The number of carbonyl (C=O) groups is 2. The van der Waals surface area contributed by atoms with Crippen LogP contribution in [0, 0.1) is 5.92 Å². The number of benzene rings is 2. The van der Waals surface area contributed by atoms with Gasteiger partial charge in [0.25, 0.3) is 0 Å². The van der Waals surface area contributed by atoms with Crippen molar-refractivity contribution in [1.29, 1.82) is 0 Å². The van der Waals surface area contributed by atoms with Crippen molar-refractivity contribution in [1.82, 2.24) is 10.4 Å². The lowest BCUT2D eigenvalue weighted by Gasteiger charge is -2.31. The summed E-state index contributed by atoms with van der Waals surface area (Å²) in [5, 5.41) is 3.27. The average Bonchev–Trinajstić information content (AvgIpc) is 3.17. The first-order valence-electron chi connectivity index (χ1n) is 11.4. The van der Waals surface area contributed by atoms with Gasteiger partial charge in [-0.2, -0.15) is 0 Å². The standard InChI is InChI=1S/C25H30ClN3O3/c26-23-16-21(27-25(31)28-32-17-18-7-3-1-4-8-18)12-11-19(23)15-20-13-14-29(24(20)30)22-9-5-2-6-10-22/h1,3-4,7-8,11-12,16,20,22H,2,5-6,9-10,13-15,17H2,(H2,27,28,31). The smallest absolute Gasteiger partial charge is 0.339 e. The number of urea groups is 1. The van der Waals surface area contributed by atoms with E-state index in [4.69, 9.17) is 16.4 Å². The maximum Gasteiger partial charge on any atom is 0.343 e. The van der Waals surface area contributed by atoms with Gasteiger partial charge in [-0.25, -0.2) is 10.3 Å². The highest BCUT2D eigenvalue weighted by Gasteiger charge is 2.36. The summed E-state index contributed by atoms with van der Waals surface area (Å²) >= 11 is 6.48. The Labute approximate surface area is 194 Å². The van der Waals surface area contributed by atoms with E-state index in [9.17, 15) is 9.59 Å². The summed E-state index contributed by atoms with van der Waals surface area (Å²) in [5.74, 6) is 0.257. The Morgan fingerprint density at radius 2 is 1.84 bits per heavy atom. The lowest BCUT2D eigenvalue weighted by atomic mass is 9.94. The van der Waals surface area contributed by atoms with Crippen LogP contribution in [0.25, 0.3) is 0 Å². The predicted molar refractivity (Wildman–Crippen MR) is 125 cm³/mol. The minimum absolute atomic E-state index is 0.0112. The Balaban J connectivity index is 1.26. The molecule has 2 aromatic rings. The largest absolute Gasteiger partial charge is 0.343 e. The summed E-state index contributed by atoms with van der Waals surface area (Å²) in [6.45, 7) is 1.13. The molecule has 0 bridgehead atoms. The lowest BCUT2D eigenvalue weighted by molar-refractivity contribution is -0.133. The number of halogens is 1. The van der Waals surface area contributed by atoms with Gasteiger partial charge < -0.3 is 10.2 Å². The third-order valence-corrected chi connectivity index (χ3v) is 6.74. The molecule has 1 saturated carbocycles. The molecular formula is C25H30ClN3O3. The van der Waals surface area contributed by atoms with Crippen LogP contribution in [0.1, 0.15) is 49.7 Å². The third-order valence-electron chi connectivity index (χ3n) is 6.39. The van der Waals surface area contributed by atoms with Crippen LogP contribution < -0.4 is 10.8 Å². The SMILES string of the molecule is O=C(NOCc1ccccc1)Nc1ccc(CC2CCN(C3CCCCC3)C2=O)c(Cl)c1. The fraction of sp³-hybridized carbons (Fsp3) is 0.440. The highest BCUT2D eigenvalue weighted by Crippen LogP contribution is 2.32. The number of hydrogen-bond acceptors (Lipinski definition) is 3. The Hall–Kier alpha value is -2.57. The molecule has 1 heterocycles. The zero-order chi connectivity index (χ0) is 22.3. The zero-order valence-electron chi connectivity index (χ0n) is 18.2. The fourth-order valence-electron chi connectivity index (χ4n) is 4.68. The number of carbonyl (C=O) groups excluding carboxylic acids is 2. The van der Waals surface area contributed by atoms with Gasteiger partial charge in [-0.15, -0.1) is 0 Å². The Morgan fingerprint density at radius 1 is 1.06 bits per heavy atom. The topological polar surface area (TPSA) is 70.7 Å². The van der Waals surface area contributed by atoms with E-state index >= 15 is 0 Å². The number of anilines is 1. The van der Waals surface area contributed by atoms with Crippen molar-refractivity contribution in [3.05, 3.63) is 64.7 Å². The highest BCUT2D eigenvalue weighted by atomic mass is 35.5. The molecule has 7 heteroatoms. The Bertz CT molecular complexity index is 931. The summed E-state index contributed by atoms with van der Waals surface area (Å²) in [4.78, 5) is 32.3. The van der Waals surface area contributed by atoms with E-state index in [0.717, 1.165) is 36.9 Å². The van der Waals surface area contributed by atoms with E-state index in [0.29, 0.717) is 23.2 Å². The molecule has 1 atom stereocenters. The van der Waals surface area contributed by atoms with Gasteiger partial charge >= 0.3 is 6.03 Å². The number of nitrogens with zero attached hydrogens (tertiary/aromatic N) is 1. The molecule has 0 spiro atoms. The van der Waals surface area contributed by atoms with Gasteiger partial charge in [-0.05, 0) is 48.9 Å². The number of hydroxylamine groups is 1. The van der Waals surface area contributed by atoms with Crippen LogP contribution in [-0.4, -0.2) is 29.4 Å². The van der Waals surface area contributed by atoms with Gasteiger partial charge in [-0.3, -0.25) is 9.63 Å². The van der Waals surface area contributed by atoms with Crippen LogP contribution in [0.4, 0.5) is 10.5 Å². The summed E-state index contributed by atoms with van der Waals surface area (Å²) in [6, 6.07) is 14.9. The maximum absolute atomic E-state index is 12.9. The summed E-state index contributed by atoms with van der Waals surface area (Å²) in [6.07, 6.45) is 7.53. The van der Waals surface area contributed by atoms with Crippen LogP contribution in [-0.2, 0) is 22.7 Å².